The van der Waals surface area contributed by atoms with Gasteiger partial charge >= 0.3 is 12.0 Å². The molecule has 0 saturated carbocycles. The van der Waals surface area contributed by atoms with Crippen LogP contribution < -0.4 is 10.1 Å². The molecule has 0 atom stereocenters. The number of likely N-dealkylation sites (tertiary alicyclic amines) is 1. The van der Waals surface area contributed by atoms with Crippen molar-refractivity contribution in [1.29, 1.82) is 0 Å². The summed E-state index contributed by atoms with van der Waals surface area (Å²) in [6.07, 6.45) is 0. The van der Waals surface area contributed by atoms with E-state index in [1.54, 1.807) is 18.2 Å². The predicted molar refractivity (Wildman–Crippen MR) is 69.7 cm³/mol. The topological polar surface area (TPSA) is 78.9 Å². The van der Waals surface area contributed by atoms with Crippen LogP contribution in [-0.4, -0.2) is 42.2 Å². The Labute approximate surface area is 114 Å². The number of amides is 2. The van der Waals surface area contributed by atoms with E-state index < -0.39 is 11.9 Å². The molecule has 1 aliphatic rings. The maximum absolute atomic E-state index is 11.8. The van der Waals surface area contributed by atoms with Gasteiger partial charge in [0.15, 0.2) is 0 Å². The quantitative estimate of drug-likeness (QED) is 0.888. The lowest BCUT2D eigenvalue weighted by atomic mass is 10.0. The van der Waals surface area contributed by atoms with Gasteiger partial charge in [-0.1, -0.05) is 11.6 Å². The first kappa shape index (κ1) is 13.5. The van der Waals surface area contributed by atoms with Crippen molar-refractivity contribution in [2.24, 2.45) is 5.92 Å². The number of anilines is 1. The van der Waals surface area contributed by atoms with Crippen molar-refractivity contribution in [3.05, 3.63) is 23.2 Å². The number of carbonyl (C=O) groups excluding carboxylic acids is 1. The average molecular weight is 285 g/mol. The molecule has 0 radical (unpaired) electrons. The Morgan fingerprint density at radius 2 is 2.16 bits per heavy atom. The number of aliphatic carboxylic acids is 1. The monoisotopic (exact) mass is 284 g/mol. The fourth-order valence-corrected chi connectivity index (χ4v) is 1.89. The molecule has 1 aliphatic heterocycles. The molecule has 1 heterocycles. The summed E-state index contributed by atoms with van der Waals surface area (Å²) < 4.78 is 5.04. The van der Waals surface area contributed by atoms with Crippen LogP contribution >= 0.6 is 11.6 Å². The van der Waals surface area contributed by atoms with E-state index in [2.05, 4.69) is 5.32 Å². The minimum Gasteiger partial charge on any atom is -0.497 e. The van der Waals surface area contributed by atoms with Gasteiger partial charge in [0.2, 0.25) is 0 Å². The Kier molecular flexibility index (Phi) is 3.80. The number of hydrogen-bond donors (Lipinski definition) is 2. The summed E-state index contributed by atoms with van der Waals surface area (Å²) in [5, 5.41) is 11.8. The highest BCUT2D eigenvalue weighted by Gasteiger charge is 2.35. The van der Waals surface area contributed by atoms with Crippen molar-refractivity contribution >= 4 is 29.3 Å². The first-order valence-electron chi connectivity index (χ1n) is 5.63. The number of urea groups is 1. The lowest BCUT2D eigenvalue weighted by Gasteiger charge is -2.36. The molecule has 0 spiro atoms. The van der Waals surface area contributed by atoms with E-state index in [1.165, 1.54) is 12.0 Å². The van der Waals surface area contributed by atoms with Crippen LogP contribution in [0.2, 0.25) is 5.02 Å². The Balaban J connectivity index is 1.98. The third-order valence-electron chi connectivity index (χ3n) is 2.93. The number of nitrogens with zero attached hydrogens (tertiary/aromatic N) is 1. The zero-order chi connectivity index (χ0) is 14.0. The zero-order valence-corrected chi connectivity index (χ0v) is 11.0. The van der Waals surface area contributed by atoms with Gasteiger partial charge in [0.1, 0.15) is 5.75 Å². The number of carbonyl (C=O) groups is 2. The Hall–Kier alpha value is -1.95. The molecule has 6 nitrogen and oxygen atoms in total. The molecule has 1 aromatic carbocycles. The van der Waals surface area contributed by atoms with Crippen LogP contribution in [0.15, 0.2) is 18.2 Å². The molecule has 0 aromatic heterocycles. The minimum atomic E-state index is -0.886. The summed E-state index contributed by atoms with van der Waals surface area (Å²) in [6.45, 7) is 0.422. The van der Waals surface area contributed by atoms with Gasteiger partial charge in [-0.3, -0.25) is 4.79 Å². The number of halogens is 1. The van der Waals surface area contributed by atoms with Crippen LogP contribution in [0, 0.1) is 5.92 Å². The van der Waals surface area contributed by atoms with E-state index in [0.29, 0.717) is 16.5 Å². The summed E-state index contributed by atoms with van der Waals surface area (Å²) >= 11 is 5.96. The number of rotatable bonds is 3. The molecule has 7 heteroatoms. The molecule has 1 aromatic rings. The highest BCUT2D eigenvalue weighted by molar-refractivity contribution is 6.33. The maximum Gasteiger partial charge on any atom is 0.321 e. The standard InChI is InChI=1S/C12H13ClN2O4/c1-19-8-2-3-9(13)10(4-8)14-12(18)15-5-7(6-15)11(16)17/h2-4,7H,5-6H2,1H3,(H,14,18)(H,16,17). The molecule has 102 valence electrons. The molecule has 2 N–H and O–H groups in total. The van der Waals surface area contributed by atoms with Gasteiger partial charge in [-0.2, -0.15) is 0 Å². The van der Waals surface area contributed by atoms with Crippen molar-refractivity contribution in [2.45, 2.75) is 0 Å². The number of benzene rings is 1. The van der Waals surface area contributed by atoms with E-state index >= 15 is 0 Å². The third kappa shape index (κ3) is 2.90. The number of methoxy groups -OCH3 is 1. The van der Waals surface area contributed by atoms with E-state index in [9.17, 15) is 9.59 Å². The van der Waals surface area contributed by atoms with Gasteiger partial charge in [-0.05, 0) is 12.1 Å². The molecular formula is C12H13ClN2O4. The summed E-state index contributed by atoms with van der Waals surface area (Å²) in [5.74, 6) is -0.790. The van der Waals surface area contributed by atoms with Crippen molar-refractivity contribution in [1.82, 2.24) is 4.90 Å². The van der Waals surface area contributed by atoms with Crippen molar-refractivity contribution in [2.75, 3.05) is 25.5 Å². The molecule has 2 rings (SSSR count). The molecule has 0 bridgehead atoms. The molecule has 19 heavy (non-hydrogen) atoms. The first-order chi connectivity index (χ1) is 9.01. The smallest absolute Gasteiger partial charge is 0.321 e. The van der Waals surface area contributed by atoms with Crippen LogP contribution in [0.25, 0.3) is 0 Å². The first-order valence-corrected chi connectivity index (χ1v) is 6.01. The van der Waals surface area contributed by atoms with E-state index in [0.717, 1.165) is 0 Å². The summed E-state index contributed by atoms with van der Waals surface area (Å²) in [4.78, 5) is 23.9. The minimum absolute atomic E-state index is 0.211. The van der Waals surface area contributed by atoms with Crippen molar-refractivity contribution < 1.29 is 19.4 Å². The number of hydrogen-bond acceptors (Lipinski definition) is 3. The molecular weight excluding hydrogens is 272 g/mol. The molecule has 0 unspecified atom stereocenters. The largest absolute Gasteiger partial charge is 0.497 e. The van der Waals surface area contributed by atoms with Crippen LogP contribution in [0.3, 0.4) is 0 Å². The van der Waals surface area contributed by atoms with Gasteiger partial charge in [0, 0.05) is 19.2 Å². The maximum atomic E-state index is 11.8. The van der Waals surface area contributed by atoms with Crippen LogP contribution in [0.1, 0.15) is 0 Å². The van der Waals surface area contributed by atoms with Crippen LogP contribution in [0.5, 0.6) is 5.75 Å². The number of carboxylic acid groups (broad SMARTS) is 1. The van der Waals surface area contributed by atoms with E-state index in [1.807, 2.05) is 0 Å². The predicted octanol–water partition coefficient (Wildman–Crippen LogP) is 1.90. The highest BCUT2D eigenvalue weighted by Crippen LogP contribution is 2.27. The van der Waals surface area contributed by atoms with E-state index in [4.69, 9.17) is 21.4 Å². The lowest BCUT2D eigenvalue weighted by Crippen LogP contribution is -2.54. The SMILES string of the molecule is COc1ccc(Cl)c(NC(=O)N2CC(C(=O)O)C2)c1. The van der Waals surface area contributed by atoms with Crippen molar-refractivity contribution in [3.8, 4) is 5.75 Å². The van der Waals surface area contributed by atoms with Crippen molar-refractivity contribution in [3.63, 3.8) is 0 Å². The zero-order valence-electron chi connectivity index (χ0n) is 10.2. The summed E-state index contributed by atoms with van der Waals surface area (Å²) in [7, 11) is 1.52. The highest BCUT2D eigenvalue weighted by atomic mass is 35.5. The van der Waals surface area contributed by atoms with Gasteiger partial charge in [0.25, 0.3) is 0 Å². The molecule has 1 fully saturated rings. The second kappa shape index (κ2) is 5.36. The Bertz CT molecular complexity index is 514. The number of carboxylic acids is 1. The number of ether oxygens (including phenoxy) is 1. The second-order valence-electron chi connectivity index (χ2n) is 4.22. The Morgan fingerprint density at radius 3 is 2.74 bits per heavy atom. The normalized spacial score (nSPS) is 14.7. The molecule has 0 aliphatic carbocycles. The van der Waals surface area contributed by atoms with Gasteiger partial charge in [-0.25, -0.2) is 4.79 Å². The average Bonchev–Trinajstić information content (AvgIpc) is 2.29. The van der Waals surface area contributed by atoms with Gasteiger partial charge in [-0.15, -0.1) is 0 Å². The summed E-state index contributed by atoms with van der Waals surface area (Å²) in [5.41, 5.74) is 0.435. The van der Waals surface area contributed by atoms with Gasteiger partial charge in [0.05, 0.1) is 23.7 Å². The lowest BCUT2D eigenvalue weighted by molar-refractivity contribution is -0.145. The summed E-state index contributed by atoms with van der Waals surface area (Å²) in [6, 6.07) is 4.54. The van der Waals surface area contributed by atoms with E-state index in [-0.39, 0.29) is 19.1 Å². The van der Waals surface area contributed by atoms with Crippen LogP contribution in [-0.2, 0) is 4.79 Å². The number of nitrogens with one attached hydrogen (secondary N) is 1. The third-order valence-corrected chi connectivity index (χ3v) is 3.26. The fourth-order valence-electron chi connectivity index (χ4n) is 1.72. The molecule has 1 saturated heterocycles. The van der Waals surface area contributed by atoms with Gasteiger partial charge < -0.3 is 20.1 Å². The fraction of sp³-hybridized carbons (Fsp3) is 0.333. The van der Waals surface area contributed by atoms with Crippen LogP contribution in [0.4, 0.5) is 10.5 Å². The second-order valence-corrected chi connectivity index (χ2v) is 4.62. The Morgan fingerprint density at radius 1 is 1.47 bits per heavy atom. The molecule has 2 amide bonds.